The van der Waals surface area contributed by atoms with Gasteiger partial charge in [0.15, 0.2) is 5.82 Å². The Morgan fingerprint density at radius 3 is 2.30 bits per heavy atom. The summed E-state index contributed by atoms with van der Waals surface area (Å²) in [7, 11) is 3.93. The third-order valence-corrected chi connectivity index (χ3v) is 3.88. The molecule has 0 unspecified atom stereocenters. The standard InChI is InChI=1S/C21H23N5O/c1-26(2)14-13-22-21(27)18-15-19(23-17-11-7-4-8-12-17)25-20(24-18)16-9-5-3-6-10-16/h3-12,15H,13-14H2,1-2H3,(H,22,27)(H,23,24,25). The third-order valence-electron chi connectivity index (χ3n) is 3.88. The van der Waals surface area contributed by atoms with Crippen LogP contribution in [0.2, 0.25) is 0 Å². The lowest BCUT2D eigenvalue weighted by Gasteiger charge is -2.12. The van der Waals surface area contributed by atoms with Crippen molar-refractivity contribution >= 4 is 17.4 Å². The summed E-state index contributed by atoms with van der Waals surface area (Å²) >= 11 is 0. The largest absolute Gasteiger partial charge is 0.349 e. The number of carbonyl (C=O) groups excluding carboxylic acids is 1. The van der Waals surface area contributed by atoms with Gasteiger partial charge >= 0.3 is 0 Å². The monoisotopic (exact) mass is 361 g/mol. The van der Waals surface area contributed by atoms with Gasteiger partial charge in [-0.15, -0.1) is 0 Å². The Labute approximate surface area is 159 Å². The average molecular weight is 361 g/mol. The van der Waals surface area contributed by atoms with Crippen LogP contribution in [-0.4, -0.2) is 48.0 Å². The number of anilines is 2. The lowest BCUT2D eigenvalue weighted by molar-refractivity contribution is 0.0946. The molecule has 3 aromatic rings. The summed E-state index contributed by atoms with van der Waals surface area (Å²) in [6.07, 6.45) is 0. The maximum absolute atomic E-state index is 12.6. The highest BCUT2D eigenvalue weighted by Gasteiger charge is 2.13. The zero-order valence-corrected chi connectivity index (χ0v) is 15.5. The number of rotatable bonds is 7. The lowest BCUT2D eigenvalue weighted by Crippen LogP contribution is -2.32. The zero-order chi connectivity index (χ0) is 19.1. The second kappa shape index (κ2) is 8.91. The van der Waals surface area contributed by atoms with E-state index < -0.39 is 0 Å². The van der Waals surface area contributed by atoms with Crippen molar-refractivity contribution in [2.24, 2.45) is 0 Å². The number of benzene rings is 2. The van der Waals surface area contributed by atoms with Crippen LogP contribution in [0.25, 0.3) is 11.4 Å². The average Bonchev–Trinajstić information content (AvgIpc) is 2.69. The van der Waals surface area contributed by atoms with E-state index in [1.165, 1.54) is 0 Å². The minimum absolute atomic E-state index is 0.215. The van der Waals surface area contributed by atoms with E-state index in [1.54, 1.807) is 6.07 Å². The molecule has 1 amide bonds. The normalized spacial score (nSPS) is 10.6. The fourth-order valence-corrected chi connectivity index (χ4v) is 2.50. The van der Waals surface area contributed by atoms with Gasteiger partial charge in [0, 0.05) is 30.4 Å². The van der Waals surface area contributed by atoms with Gasteiger partial charge in [-0.1, -0.05) is 48.5 Å². The molecule has 0 aliphatic rings. The molecule has 0 aliphatic carbocycles. The van der Waals surface area contributed by atoms with Crippen molar-refractivity contribution < 1.29 is 4.79 Å². The predicted molar refractivity (Wildman–Crippen MR) is 108 cm³/mol. The number of hydrogen-bond donors (Lipinski definition) is 2. The molecule has 1 aromatic heterocycles. The molecule has 0 saturated heterocycles. The Bertz CT molecular complexity index is 882. The molecule has 0 bridgehead atoms. The Morgan fingerprint density at radius 2 is 1.63 bits per heavy atom. The first-order valence-corrected chi connectivity index (χ1v) is 8.81. The first-order chi connectivity index (χ1) is 13.1. The Kier molecular flexibility index (Phi) is 6.12. The van der Waals surface area contributed by atoms with Crippen LogP contribution in [0, 0.1) is 0 Å². The lowest BCUT2D eigenvalue weighted by atomic mass is 10.2. The highest BCUT2D eigenvalue weighted by molar-refractivity contribution is 5.93. The van der Waals surface area contributed by atoms with Crippen molar-refractivity contribution in [2.75, 3.05) is 32.5 Å². The molecule has 6 nitrogen and oxygen atoms in total. The van der Waals surface area contributed by atoms with Crippen LogP contribution in [-0.2, 0) is 0 Å². The van der Waals surface area contributed by atoms with Crippen molar-refractivity contribution in [3.05, 3.63) is 72.4 Å². The van der Waals surface area contributed by atoms with Gasteiger partial charge in [0.2, 0.25) is 0 Å². The minimum atomic E-state index is -0.215. The van der Waals surface area contributed by atoms with E-state index in [0.717, 1.165) is 17.8 Å². The van der Waals surface area contributed by atoms with Crippen LogP contribution in [0.4, 0.5) is 11.5 Å². The van der Waals surface area contributed by atoms with E-state index >= 15 is 0 Å². The van der Waals surface area contributed by atoms with Crippen molar-refractivity contribution in [2.45, 2.75) is 0 Å². The molecule has 0 radical (unpaired) electrons. The highest BCUT2D eigenvalue weighted by Crippen LogP contribution is 2.20. The number of hydrogen-bond acceptors (Lipinski definition) is 5. The second-order valence-electron chi connectivity index (χ2n) is 6.38. The van der Waals surface area contributed by atoms with Crippen LogP contribution in [0.15, 0.2) is 66.7 Å². The Morgan fingerprint density at radius 1 is 0.963 bits per heavy atom. The number of nitrogens with zero attached hydrogens (tertiary/aromatic N) is 3. The van der Waals surface area contributed by atoms with E-state index in [-0.39, 0.29) is 5.91 Å². The van der Waals surface area contributed by atoms with E-state index in [9.17, 15) is 4.79 Å². The summed E-state index contributed by atoms with van der Waals surface area (Å²) in [5.74, 6) is 0.870. The van der Waals surface area contributed by atoms with Gasteiger partial charge in [-0.2, -0.15) is 0 Å². The first-order valence-electron chi connectivity index (χ1n) is 8.81. The molecule has 2 aromatic carbocycles. The summed E-state index contributed by atoms with van der Waals surface area (Å²) in [5.41, 5.74) is 2.09. The van der Waals surface area contributed by atoms with Gasteiger partial charge < -0.3 is 15.5 Å². The summed E-state index contributed by atoms with van der Waals surface area (Å²) in [6.45, 7) is 1.31. The SMILES string of the molecule is CN(C)CCNC(=O)c1cc(Nc2ccccc2)nc(-c2ccccc2)n1. The molecule has 6 heteroatoms. The van der Waals surface area contributed by atoms with Gasteiger partial charge in [-0.25, -0.2) is 9.97 Å². The van der Waals surface area contributed by atoms with Gasteiger partial charge in [0.25, 0.3) is 5.91 Å². The molecule has 2 N–H and O–H groups in total. The van der Waals surface area contributed by atoms with E-state index in [4.69, 9.17) is 0 Å². The van der Waals surface area contributed by atoms with E-state index in [1.807, 2.05) is 79.7 Å². The van der Waals surface area contributed by atoms with Gasteiger partial charge in [-0.05, 0) is 26.2 Å². The smallest absolute Gasteiger partial charge is 0.270 e. The van der Waals surface area contributed by atoms with Crippen LogP contribution in [0.3, 0.4) is 0 Å². The van der Waals surface area contributed by atoms with Crippen LogP contribution in [0.5, 0.6) is 0 Å². The van der Waals surface area contributed by atoms with E-state index in [0.29, 0.717) is 23.9 Å². The Balaban J connectivity index is 1.89. The topological polar surface area (TPSA) is 70.2 Å². The molecule has 0 spiro atoms. The molecule has 0 aliphatic heterocycles. The van der Waals surface area contributed by atoms with Crippen molar-refractivity contribution in [1.82, 2.24) is 20.2 Å². The van der Waals surface area contributed by atoms with Gasteiger partial charge in [0.1, 0.15) is 11.5 Å². The number of para-hydroxylation sites is 1. The molecule has 0 fully saturated rings. The molecular weight excluding hydrogens is 338 g/mol. The maximum Gasteiger partial charge on any atom is 0.270 e. The third kappa shape index (κ3) is 5.36. The first kappa shape index (κ1) is 18.5. The number of aromatic nitrogens is 2. The zero-order valence-electron chi connectivity index (χ0n) is 15.5. The fraction of sp³-hybridized carbons (Fsp3) is 0.190. The molecular formula is C21H23N5O. The molecule has 27 heavy (non-hydrogen) atoms. The molecule has 3 rings (SSSR count). The summed E-state index contributed by atoms with van der Waals surface area (Å²) in [4.78, 5) is 23.6. The number of carbonyl (C=O) groups is 1. The number of likely N-dealkylation sites (N-methyl/N-ethyl adjacent to an activating group) is 1. The van der Waals surface area contributed by atoms with Crippen molar-refractivity contribution in [1.29, 1.82) is 0 Å². The van der Waals surface area contributed by atoms with Crippen LogP contribution in [0.1, 0.15) is 10.5 Å². The van der Waals surface area contributed by atoms with Crippen LogP contribution >= 0.6 is 0 Å². The minimum Gasteiger partial charge on any atom is -0.349 e. The number of nitrogens with one attached hydrogen (secondary N) is 2. The van der Waals surface area contributed by atoms with Crippen molar-refractivity contribution in [3.8, 4) is 11.4 Å². The molecule has 138 valence electrons. The highest BCUT2D eigenvalue weighted by atomic mass is 16.1. The second-order valence-corrected chi connectivity index (χ2v) is 6.38. The van der Waals surface area contributed by atoms with E-state index in [2.05, 4.69) is 20.6 Å². The Hall–Kier alpha value is -3.25. The van der Waals surface area contributed by atoms with Crippen LogP contribution < -0.4 is 10.6 Å². The summed E-state index contributed by atoms with van der Waals surface area (Å²) in [5, 5.41) is 6.15. The van der Waals surface area contributed by atoms with Gasteiger partial charge in [0.05, 0.1) is 0 Å². The summed E-state index contributed by atoms with van der Waals surface area (Å²) in [6, 6.07) is 21.0. The summed E-state index contributed by atoms with van der Waals surface area (Å²) < 4.78 is 0. The molecule has 1 heterocycles. The molecule has 0 atom stereocenters. The van der Waals surface area contributed by atoms with Crippen molar-refractivity contribution in [3.63, 3.8) is 0 Å². The van der Waals surface area contributed by atoms with Gasteiger partial charge in [-0.3, -0.25) is 4.79 Å². The quantitative estimate of drug-likeness (QED) is 0.676. The maximum atomic E-state index is 12.6. The number of amides is 1. The molecule has 0 saturated carbocycles. The fourth-order valence-electron chi connectivity index (χ4n) is 2.50. The predicted octanol–water partition coefficient (Wildman–Crippen LogP) is 3.18.